The number of halogens is 3. The van der Waals surface area contributed by atoms with Crippen molar-refractivity contribution in [3.8, 4) is 22.8 Å². The van der Waals surface area contributed by atoms with Gasteiger partial charge in [-0.25, -0.2) is 4.98 Å². The van der Waals surface area contributed by atoms with E-state index in [1.807, 2.05) is 4.90 Å². The van der Waals surface area contributed by atoms with Gasteiger partial charge in [0, 0.05) is 30.9 Å². The normalized spacial score (nSPS) is 17.2. The van der Waals surface area contributed by atoms with Gasteiger partial charge in [0.05, 0.1) is 11.8 Å². The average molecular weight is 511 g/mol. The van der Waals surface area contributed by atoms with Crippen molar-refractivity contribution in [2.24, 2.45) is 0 Å². The molecule has 5 rings (SSSR count). The van der Waals surface area contributed by atoms with Crippen LogP contribution in [0.15, 0.2) is 54.9 Å². The predicted molar refractivity (Wildman–Crippen MR) is 133 cm³/mol. The summed E-state index contributed by atoms with van der Waals surface area (Å²) in [5, 5.41) is 0. The van der Waals surface area contributed by atoms with E-state index in [1.165, 1.54) is 25.1 Å². The Hall–Kier alpha value is -3.46. The number of hydrogen-bond donors (Lipinski definition) is 0. The first-order valence-electron chi connectivity index (χ1n) is 12.6. The number of carbonyl (C=O) groups is 1. The first kappa shape index (κ1) is 25.2. The molecule has 3 aromatic rings. The lowest BCUT2D eigenvalue weighted by Gasteiger charge is -2.36. The SMILES string of the molecule is Cc1cc(-c2cccc(C(F)(F)F)c2)c(Oc2cccnc2)nc1C(=O)N1CCC(N2CCCC2)CC1. The third-order valence-electron chi connectivity index (χ3n) is 7.14. The molecule has 6 nitrogen and oxygen atoms in total. The first-order chi connectivity index (χ1) is 17.8. The number of benzene rings is 1. The fourth-order valence-corrected chi connectivity index (χ4v) is 5.17. The molecule has 0 aliphatic carbocycles. The van der Waals surface area contributed by atoms with E-state index >= 15 is 0 Å². The van der Waals surface area contributed by atoms with Crippen molar-refractivity contribution in [3.63, 3.8) is 0 Å². The van der Waals surface area contributed by atoms with E-state index in [0.29, 0.717) is 41.6 Å². The standard InChI is InChI=1S/C28H29F3N4O2/c1-19-16-24(20-6-4-7-21(17-20)28(29,30)31)26(37-23-8-5-11-32-18-23)33-25(19)27(36)35-14-9-22(10-15-35)34-12-2-3-13-34/h4-8,11,16-18,22H,2-3,9-10,12-15H2,1H3. The molecule has 0 radical (unpaired) electrons. The second kappa shape index (κ2) is 10.5. The van der Waals surface area contributed by atoms with E-state index in [-0.39, 0.29) is 17.5 Å². The number of amides is 1. The molecule has 194 valence electrons. The molecule has 37 heavy (non-hydrogen) atoms. The summed E-state index contributed by atoms with van der Waals surface area (Å²) in [7, 11) is 0. The monoisotopic (exact) mass is 510 g/mol. The van der Waals surface area contributed by atoms with E-state index in [1.54, 1.807) is 37.4 Å². The molecule has 0 N–H and O–H groups in total. The molecule has 9 heteroatoms. The van der Waals surface area contributed by atoms with Gasteiger partial charge >= 0.3 is 6.18 Å². The number of rotatable bonds is 5. The maximum atomic E-state index is 13.5. The fraction of sp³-hybridized carbons (Fsp3) is 0.393. The molecule has 0 saturated carbocycles. The summed E-state index contributed by atoms with van der Waals surface area (Å²) in [6.45, 7) is 5.31. The van der Waals surface area contributed by atoms with Crippen LogP contribution in [0, 0.1) is 6.92 Å². The van der Waals surface area contributed by atoms with Crippen molar-refractivity contribution in [1.82, 2.24) is 19.8 Å². The fourth-order valence-electron chi connectivity index (χ4n) is 5.17. The lowest BCUT2D eigenvalue weighted by molar-refractivity contribution is -0.137. The molecule has 0 spiro atoms. The quantitative estimate of drug-likeness (QED) is 0.424. The molecule has 2 aliphatic heterocycles. The number of carbonyl (C=O) groups excluding carboxylic acids is 1. The minimum absolute atomic E-state index is 0.0632. The lowest BCUT2D eigenvalue weighted by Crippen LogP contribution is -2.46. The van der Waals surface area contributed by atoms with Gasteiger partial charge in [-0.3, -0.25) is 9.78 Å². The Kier molecular flexibility index (Phi) is 7.15. The predicted octanol–water partition coefficient (Wildman–Crippen LogP) is 5.96. The van der Waals surface area contributed by atoms with Crippen LogP contribution >= 0.6 is 0 Å². The van der Waals surface area contributed by atoms with Crippen LogP contribution in [0.3, 0.4) is 0 Å². The molecule has 0 unspecified atom stereocenters. The highest BCUT2D eigenvalue weighted by atomic mass is 19.4. The Morgan fingerprint density at radius 1 is 1.03 bits per heavy atom. The molecule has 0 bridgehead atoms. The van der Waals surface area contributed by atoms with Crippen LogP contribution in [0.25, 0.3) is 11.1 Å². The van der Waals surface area contributed by atoms with Crippen LogP contribution in [-0.4, -0.2) is 57.9 Å². The molecule has 0 atom stereocenters. The minimum Gasteiger partial charge on any atom is -0.437 e. The zero-order valence-electron chi connectivity index (χ0n) is 20.7. The maximum Gasteiger partial charge on any atom is 0.416 e. The number of piperidine rings is 1. The third-order valence-corrected chi connectivity index (χ3v) is 7.14. The number of alkyl halides is 3. The van der Waals surface area contributed by atoms with Crippen molar-refractivity contribution in [2.75, 3.05) is 26.2 Å². The van der Waals surface area contributed by atoms with Crippen LogP contribution < -0.4 is 4.74 Å². The van der Waals surface area contributed by atoms with Crippen molar-refractivity contribution < 1.29 is 22.7 Å². The van der Waals surface area contributed by atoms with Crippen LogP contribution in [0.1, 0.15) is 47.3 Å². The number of aromatic nitrogens is 2. The van der Waals surface area contributed by atoms with Crippen LogP contribution in [0.2, 0.25) is 0 Å². The smallest absolute Gasteiger partial charge is 0.416 e. The lowest BCUT2D eigenvalue weighted by atomic mass is 10.00. The molecular formula is C28H29F3N4O2. The summed E-state index contributed by atoms with van der Waals surface area (Å²) in [6.07, 6.45) is 2.91. The van der Waals surface area contributed by atoms with Crippen molar-refractivity contribution >= 4 is 5.91 Å². The van der Waals surface area contributed by atoms with Gasteiger partial charge in [-0.2, -0.15) is 13.2 Å². The number of aryl methyl sites for hydroxylation is 1. The summed E-state index contributed by atoms with van der Waals surface area (Å²) in [5.41, 5.74) is 0.731. The molecular weight excluding hydrogens is 481 g/mol. The van der Waals surface area contributed by atoms with Crippen LogP contribution in [-0.2, 0) is 6.18 Å². The number of hydrogen-bond acceptors (Lipinski definition) is 5. The largest absolute Gasteiger partial charge is 0.437 e. The Balaban J connectivity index is 1.46. The highest BCUT2D eigenvalue weighted by Gasteiger charge is 2.32. The Labute approximate surface area is 214 Å². The highest BCUT2D eigenvalue weighted by molar-refractivity contribution is 5.94. The van der Waals surface area contributed by atoms with Crippen LogP contribution in [0.5, 0.6) is 11.6 Å². The van der Waals surface area contributed by atoms with E-state index in [4.69, 9.17) is 4.74 Å². The van der Waals surface area contributed by atoms with Gasteiger partial charge in [0.25, 0.3) is 5.91 Å². The summed E-state index contributed by atoms with van der Waals surface area (Å²) >= 11 is 0. The van der Waals surface area contributed by atoms with Crippen molar-refractivity contribution in [1.29, 1.82) is 0 Å². The number of nitrogens with zero attached hydrogens (tertiary/aromatic N) is 4. The van der Waals surface area contributed by atoms with Gasteiger partial charge in [-0.15, -0.1) is 0 Å². The van der Waals surface area contributed by atoms with E-state index in [2.05, 4.69) is 14.9 Å². The van der Waals surface area contributed by atoms with E-state index in [9.17, 15) is 18.0 Å². The first-order valence-corrected chi connectivity index (χ1v) is 12.6. The molecule has 2 aromatic heterocycles. The van der Waals surface area contributed by atoms with Crippen molar-refractivity contribution in [2.45, 2.75) is 44.8 Å². The zero-order valence-corrected chi connectivity index (χ0v) is 20.7. The molecule has 2 aliphatic rings. The van der Waals surface area contributed by atoms with Gasteiger partial charge in [0.1, 0.15) is 11.4 Å². The summed E-state index contributed by atoms with van der Waals surface area (Å²) in [6, 6.07) is 10.6. The Morgan fingerprint density at radius 2 is 1.78 bits per heavy atom. The second-order valence-corrected chi connectivity index (χ2v) is 9.64. The Morgan fingerprint density at radius 3 is 2.46 bits per heavy atom. The van der Waals surface area contributed by atoms with Gasteiger partial charge in [0.15, 0.2) is 0 Å². The topological polar surface area (TPSA) is 58.6 Å². The van der Waals surface area contributed by atoms with Gasteiger partial charge < -0.3 is 14.5 Å². The molecule has 2 saturated heterocycles. The van der Waals surface area contributed by atoms with Gasteiger partial charge in [-0.1, -0.05) is 12.1 Å². The van der Waals surface area contributed by atoms with Crippen molar-refractivity contribution in [3.05, 3.63) is 71.7 Å². The minimum atomic E-state index is -4.49. The maximum absolute atomic E-state index is 13.5. The molecule has 1 amide bonds. The third kappa shape index (κ3) is 5.61. The summed E-state index contributed by atoms with van der Waals surface area (Å²) in [5.74, 6) is 0.245. The highest BCUT2D eigenvalue weighted by Crippen LogP contribution is 2.37. The molecule has 2 fully saturated rings. The van der Waals surface area contributed by atoms with Gasteiger partial charge in [-0.05, 0) is 87.2 Å². The zero-order chi connectivity index (χ0) is 26.0. The molecule has 1 aromatic carbocycles. The van der Waals surface area contributed by atoms with Crippen LogP contribution in [0.4, 0.5) is 13.2 Å². The van der Waals surface area contributed by atoms with E-state index < -0.39 is 11.7 Å². The second-order valence-electron chi connectivity index (χ2n) is 9.64. The number of pyridine rings is 2. The summed E-state index contributed by atoms with van der Waals surface area (Å²) in [4.78, 5) is 26.5. The van der Waals surface area contributed by atoms with Gasteiger partial charge in [0.2, 0.25) is 5.88 Å². The molecule has 4 heterocycles. The Bertz CT molecular complexity index is 1250. The number of likely N-dealkylation sites (tertiary alicyclic amines) is 2. The summed E-state index contributed by atoms with van der Waals surface area (Å²) < 4.78 is 46.2. The average Bonchev–Trinajstić information content (AvgIpc) is 3.45. The van der Waals surface area contributed by atoms with E-state index in [0.717, 1.165) is 38.1 Å². The number of ether oxygens (including phenoxy) is 1.